The molecule has 2 nitrogen and oxygen atoms in total. The normalized spacial score (nSPS) is 13.8. The topological polar surface area (TPSA) is 6.48 Å². The molecule has 2 spiro atoms. The molecular weight excluding hydrogens is 869 g/mol. The molecule has 0 fully saturated rings. The first kappa shape index (κ1) is 40.6. The molecule has 3 aliphatic carbocycles. The average molecular weight is 915 g/mol. The van der Waals surface area contributed by atoms with E-state index in [1.807, 2.05) is 0 Å². The van der Waals surface area contributed by atoms with Gasteiger partial charge in [-0.15, -0.1) is 0 Å². The Kier molecular flexibility index (Phi) is 8.82. The zero-order chi connectivity index (χ0) is 47.4. The van der Waals surface area contributed by atoms with E-state index in [1.54, 1.807) is 0 Å². The van der Waals surface area contributed by atoms with E-state index < -0.39 is 10.8 Å². The number of benzene rings is 12. The van der Waals surface area contributed by atoms with Crippen molar-refractivity contribution in [1.29, 1.82) is 0 Å². The summed E-state index contributed by atoms with van der Waals surface area (Å²) in [5.74, 6) is 0. The lowest BCUT2D eigenvalue weighted by atomic mass is 9.52. The molecule has 2 heteroatoms. The fourth-order valence-electron chi connectivity index (χ4n) is 13.2. The van der Waals surface area contributed by atoms with Gasteiger partial charge >= 0.3 is 0 Å². The Morgan fingerprint density at radius 2 is 0.472 bits per heavy atom. The highest BCUT2D eigenvalue weighted by Crippen LogP contribution is 2.68. The summed E-state index contributed by atoms with van der Waals surface area (Å²) in [5.41, 5.74) is 20.8. The van der Waals surface area contributed by atoms with Crippen LogP contribution in [0.4, 0.5) is 34.1 Å². The first-order valence-corrected chi connectivity index (χ1v) is 25.1. The quantitative estimate of drug-likeness (QED) is 0.164. The predicted octanol–water partition coefficient (Wildman–Crippen LogP) is 18.0. The van der Waals surface area contributed by atoms with Crippen LogP contribution >= 0.6 is 0 Å². The summed E-state index contributed by atoms with van der Waals surface area (Å²) >= 11 is 0. The van der Waals surface area contributed by atoms with Crippen molar-refractivity contribution in [2.24, 2.45) is 0 Å². The maximum Gasteiger partial charge on any atom is 0.0720 e. The second kappa shape index (κ2) is 15.6. The van der Waals surface area contributed by atoms with Crippen LogP contribution in [0, 0.1) is 0 Å². The van der Waals surface area contributed by atoms with Gasteiger partial charge in [-0.2, -0.15) is 0 Å². The summed E-state index contributed by atoms with van der Waals surface area (Å²) in [7, 11) is 0. The molecule has 0 aromatic heterocycles. The van der Waals surface area contributed by atoms with Gasteiger partial charge in [0.25, 0.3) is 0 Å². The van der Waals surface area contributed by atoms with Gasteiger partial charge in [-0.3, -0.25) is 0 Å². The van der Waals surface area contributed by atoms with Crippen LogP contribution in [-0.2, 0) is 10.8 Å². The molecule has 12 aromatic carbocycles. The van der Waals surface area contributed by atoms with E-state index in [1.165, 1.54) is 88.3 Å². The van der Waals surface area contributed by atoms with Crippen molar-refractivity contribution in [2.75, 3.05) is 9.80 Å². The SMILES string of the molecule is c1ccc(N(c2ccc3c(c2)C2(c4ccccc4-c4ccccc42)c2ccc(N(c4ccccc4)c4ccc5ccccc5c4)cc2C32c3ccccc3-c3ccccc32)c2ccc3ccccc3c2)cc1. The molecule has 0 radical (unpaired) electrons. The van der Waals surface area contributed by atoms with Crippen molar-refractivity contribution in [3.63, 3.8) is 0 Å². The number of hydrogen-bond donors (Lipinski definition) is 0. The minimum absolute atomic E-state index is 0.684. The minimum Gasteiger partial charge on any atom is -0.310 e. The van der Waals surface area contributed by atoms with Crippen molar-refractivity contribution in [3.8, 4) is 22.3 Å². The number of hydrogen-bond acceptors (Lipinski definition) is 2. The van der Waals surface area contributed by atoms with Crippen LogP contribution in [-0.4, -0.2) is 0 Å². The summed E-state index contributed by atoms with van der Waals surface area (Å²) < 4.78 is 0. The Morgan fingerprint density at radius 1 is 0.181 bits per heavy atom. The van der Waals surface area contributed by atoms with Crippen molar-refractivity contribution >= 4 is 55.7 Å². The molecule has 0 N–H and O–H groups in total. The average Bonchev–Trinajstić information content (AvgIpc) is 3.91. The summed E-state index contributed by atoms with van der Waals surface area (Å²) in [5, 5.41) is 4.86. The zero-order valence-electron chi connectivity index (χ0n) is 39.5. The Labute approximate surface area is 420 Å². The van der Waals surface area contributed by atoms with E-state index in [0.29, 0.717) is 0 Å². The van der Waals surface area contributed by atoms with Gasteiger partial charge in [-0.1, -0.05) is 206 Å². The van der Waals surface area contributed by atoms with Crippen molar-refractivity contribution in [2.45, 2.75) is 10.8 Å². The highest BCUT2D eigenvalue weighted by Gasteiger charge is 2.59. The van der Waals surface area contributed by atoms with Gasteiger partial charge in [-0.05, 0) is 161 Å². The van der Waals surface area contributed by atoms with Crippen LogP contribution in [0.15, 0.2) is 279 Å². The predicted molar refractivity (Wildman–Crippen MR) is 299 cm³/mol. The van der Waals surface area contributed by atoms with Crippen LogP contribution in [0.1, 0.15) is 44.5 Å². The van der Waals surface area contributed by atoms with Gasteiger partial charge in [0.05, 0.1) is 10.8 Å². The van der Waals surface area contributed by atoms with Gasteiger partial charge in [0, 0.05) is 34.1 Å². The smallest absolute Gasteiger partial charge is 0.0720 e. The largest absolute Gasteiger partial charge is 0.310 e. The molecule has 0 heterocycles. The molecule has 0 aliphatic heterocycles. The summed E-state index contributed by atoms with van der Waals surface area (Å²) in [6.45, 7) is 0. The maximum atomic E-state index is 2.56. The fourth-order valence-corrected chi connectivity index (χ4v) is 13.2. The van der Waals surface area contributed by atoms with Crippen LogP contribution in [0.2, 0.25) is 0 Å². The van der Waals surface area contributed by atoms with Crippen LogP contribution < -0.4 is 9.80 Å². The lowest BCUT2D eigenvalue weighted by molar-refractivity contribution is 0.633. The first-order valence-electron chi connectivity index (χ1n) is 25.1. The highest BCUT2D eigenvalue weighted by atomic mass is 15.1. The Bertz CT molecular complexity index is 3770. The van der Waals surface area contributed by atoms with Gasteiger partial charge in [0.2, 0.25) is 0 Å². The van der Waals surface area contributed by atoms with Crippen molar-refractivity contribution in [3.05, 3.63) is 324 Å². The van der Waals surface area contributed by atoms with E-state index in [4.69, 9.17) is 0 Å². The molecule has 0 amide bonds. The van der Waals surface area contributed by atoms with Crippen LogP contribution in [0.5, 0.6) is 0 Å². The molecule has 15 rings (SSSR count). The Morgan fingerprint density at radius 3 is 0.847 bits per heavy atom. The van der Waals surface area contributed by atoms with E-state index in [-0.39, 0.29) is 0 Å². The molecule has 0 bridgehead atoms. The standard InChI is InChI=1S/C70H46N2/c1-3-23-51(24-4-1)71(53-37-35-47-19-7-9-21-49(47)43-53)55-39-41-65-67(45-55)69(61-31-15-11-27-57(61)58-28-12-16-32-62(58)69)66-42-40-56(46-68(66)70(65)63-33-17-13-29-59(63)60-30-14-18-34-64(60)70)72(52-25-5-2-6-26-52)54-38-36-48-20-8-10-22-50(48)44-54/h1-46H. The van der Waals surface area contributed by atoms with Gasteiger partial charge in [0.1, 0.15) is 0 Å². The molecule has 0 saturated heterocycles. The molecule has 0 unspecified atom stereocenters. The Hall–Kier alpha value is -9.24. The van der Waals surface area contributed by atoms with Gasteiger partial charge < -0.3 is 9.80 Å². The second-order valence-electron chi connectivity index (χ2n) is 19.5. The third-order valence-electron chi connectivity index (χ3n) is 16.1. The summed E-state index contributed by atoms with van der Waals surface area (Å²) in [6.07, 6.45) is 0. The third kappa shape index (κ3) is 5.60. The van der Waals surface area contributed by atoms with E-state index in [9.17, 15) is 0 Å². The molecule has 0 atom stereocenters. The van der Waals surface area contributed by atoms with Crippen LogP contribution in [0.25, 0.3) is 43.8 Å². The molecule has 12 aromatic rings. The van der Waals surface area contributed by atoms with Gasteiger partial charge in [-0.25, -0.2) is 0 Å². The Balaban J connectivity index is 1.09. The number of rotatable bonds is 6. The molecule has 0 saturated carbocycles. The minimum atomic E-state index is -0.684. The zero-order valence-corrected chi connectivity index (χ0v) is 39.5. The van der Waals surface area contributed by atoms with E-state index in [0.717, 1.165) is 34.1 Å². The summed E-state index contributed by atoms with van der Waals surface area (Å²) in [6, 6.07) is 105. The fraction of sp³-hybridized carbons (Fsp3) is 0.0286. The molecule has 3 aliphatic rings. The maximum absolute atomic E-state index is 2.56. The van der Waals surface area contributed by atoms with E-state index in [2.05, 4.69) is 289 Å². The molecule has 72 heavy (non-hydrogen) atoms. The third-order valence-corrected chi connectivity index (χ3v) is 16.1. The van der Waals surface area contributed by atoms with Crippen molar-refractivity contribution < 1.29 is 0 Å². The monoisotopic (exact) mass is 914 g/mol. The number of nitrogens with zero attached hydrogens (tertiary/aromatic N) is 2. The number of para-hydroxylation sites is 2. The van der Waals surface area contributed by atoms with Gasteiger partial charge in [0.15, 0.2) is 0 Å². The number of fused-ring (bicyclic) bond motifs is 18. The second-order valence-corrected chi connectivity index (χ2v) is 19.5. The number of anilines is 6. The lowest BCUT2D eigenvalue weighted by Crippen LogP contribution is -2.44. The molecular formula is C70H46N2. The highest BCUT2D eigenvalue weighted by molar-refractivity contribution is 5.97. The molecule has 336 valence electrons. The van der Waals surface area contributed by atoms with E-state index >= 15 is 0 Å². The summed E-state index contributed by atoms with van der Waals surface area (Å²) in [4.78, 5) is 4.91. The van der Waals surface area contributed by atoms with Crippen LogP contribution in [0.3, 0.4) is 0 Å². The first-order chi connectivity index (χ1) is 35.7. The van der Waals surface area contributed by atoms with Crippen molar-refractivity contribution in [1.82, 2.24) is 0 Å². The lowest BCUT2D eigenvalue weighted by Gasteiger charge is -2.49.